The fourth-order valence-electron chi connectivity index (χ4n) is 5.05. The molecule has 2 saturated heterocycles. The van der Waals surface area contributed by atoms with E-state index in [1.54, 1.807) is 18.2 Å². The van der Waals surface area contributed by atoms with E-state index < -0.39 is 6.04 Å². The third-order valence-electron chi connectivity index (χ3n) is 7.23. The van der Waals surface area contributed by atoms with Crippen molar-refractivity contribution in [1.82, 2.24) is 15.5 Å². The molecule has 2 fully saturated rings. The zero-order chi connectivity index (χ0) is 26.5. The highest BCUT2D eigenvalue weighted by Crippen LogP contribution is 2.29. The molecule has 0 aromatic heterocycles. The number of nitrogens with one attached hydrogen (secondary N) is 2. The Morgan fingerprint density at radius 3 is 2.61 bits per heavy atom. The molecule has 0 spiro atoms. The number of carbonyl (C=O) groups excluding carboxylic acids is 3. The summed E-state index contributed by atoms with van der Waals surface area (Å²) in [5, 5.41) is 5.91. The molecule has 4 aliphatic rings. The molecular weight excluding hydrogens is 490 g/mol. The fourth-order valence-corrected chi connectivity index (χ4v) is 5.05. The summed E-state index contributed by atoms with van der Waals surface area (Å²) < 4.78 is 22.8. The van der Waals surface area contributed by atoms with Crippen molar-refractivity contribution >= 4 is 17.7 Å². The number of piperidine rings is 1. The van der Waals surface area contributed by atoms with Crippen molar-refractivity contribution < 1.29 is 33.3 Å². The van der Waals surface area contributed by atoms with Gasteiger partial charge in [-0.25, -0.2) is 0 Å². The first-order valence-corrected chi connectivity index (χ1v) is 13.0. The van der Waals surface area contributed by atoms with Gasteiger partial charge in [-0.05, 0) is 48.7 Å². The molecule has 3 amide bonds. The summed E-state index contributed by atoms with van der Waals surface area (Å²) in [5.74, 6) is 0.773. The summed E-state index contributed by atoms with van der Waals surface area (Å²) in [6.07, 6.45) is 1.68. The topological polar surface area (TPSA) is 115 Å². The van der Waals surface area contributed by atoms with E-state index in [0.29, 0.717) is 69.2 Å². The highest BCUT2D eigenvalue weighted by molar-refractivity contribution is 5.95. The van der Waals surface area contributed by atoms with Gasteiger partial charge in [0.2, 0.25) is 5.91 Å². The van der Waals surface area contributed by atoms with Gasteiger partial charge in [-0.1, -0.05) is 12.1 Å². The van der Waals surface area contributed by atoms with Gasteiger partial charge in [-0.15, -0.1) is 0 Å². The largest absolute Gasteiger partial charge is 0.493 e. The third-order valence-corrected chi connectivity index (χ3v) is 7.23. The molecule has 2 aromatic carbocycles. The first-order chi connectivity index (χ1) is 18.5. The highest BCUT2D eigenvalue weighted by atomic mass is 16.5. The Kier molecular flexibility index (Phi) is 7.97. The molecule has 2 atom stereocenters. The van der Waals surface area contributed by atoms with Crippen LogP contribution >= 0.6 is 0 Å². The van der Waals surface area contributed by atoms with E-state index in [1.807, 2.05) is 29.2 Å². The normalized spacial score (nSPS) is 22.7. The number of fused-ring (bicyclic) bond motifs is 7. The van der Waals surface area contributed by atoms with Gasteiger partial charge in [-0.2, -0.15) is 0 Å². The Morgan fingerprint density at radius 2 is 1.84 bits per heavy atom. The van der Waals surface area contributed by atoms with Gasteiger partial charge in [0.1, 0.15) is 11.9 Å². The molecule has 38 heavy (non-hydrogen) atoms. The molecule has 6 rings (SSSR count). The van der Waals surface area contributed by atoms with Crippen LogP contribution in [0.3, 0.4) is 0 Å². The lowest BCUT2D eigenvalue weighted by molar-refractivity contribution is -0.141. The number of rotatable bonds is 2. The van der Waals surface area contributed by atoms with Crippen LogP contribution in [0.1, 0.15) is 35.2 Å². The molecular formula is C28H33N3O7. The predicted octanol–water partition coefficient (Wildman–Crippen LogP) is 1.91. The summed E-state index contributed by atoms with van der Waals surface area (Å²) in [6, 6.07) is 11.9. The van der Waals surface area contributed by atoms with Crippen LogP contribution in [0.5, 0.6) is 17.2 Å². The number of carbonyl (C=O) groups is 3. The van der Waals surface area contributed by atoms with E-state index in [1.165, 1.54) is 7.11 Å². The van der Waals surface area contributed by atoms with E-state index in [9.17, 15) is 14.4 Å². The van der Waals surface area contributed by atoms with Gasteiger partial charge in [0, 0.05) is 50.8 Å². The molecule has 4 aliphatic heterocycles. The monoisotopic (exact) mass is 523 g/mol. The van der Waals surface area contributed by atoms with Crippen LogP contribution in [-0.2, 0) is 20.9 Å². The molecule has 4 bridgehead atoms. The molecule has 0 aliphatic carbocycles. The van der Waals surface area contributed by atoms with Crippen LogP contribution in [0, 0.1) is 5.92 Å². The Hall–Kier alpha value is -3.79. The number of ether oxygens (including phenoxy) is 4. The zero-order valence-corrected chi connectivity index (χ0v) is 21.4. The lowest BCUT2D eigenvalue weighted by atomic mass is 9.95. The lowest BCUT2D eigenvalue weighted by Crippen LogP contribution is -2.59. The van der Waals surface area contributed by atoms with E-state index in [0.717, 1.165) is 5.56 Å². The smallest absolute Gasteiger partial charge is 0.258 e. The summed E-state index contributed by atoms with van der Waals surface area (Å²) in [4.78, 5) is 40.8. The van der Waals surface area contributed by atoms with Gasteiger partial charge in [-0.3, -0.25) is 14.4 Å². The minimum absolute atomic E-state index is 0.0581. The first kappa shape index (κ1) is 25.8. The summed E-state index contributed by atoms with van der Waals surface area (Å²) >= 11 is 0. The maximum absolute atomic E-state index is 13.4. The number of benzene rings is 2. The molecule has 0 unspecified atom stereocenters. The number of likely N-dealkylation sites (tertiary alicyclic amines) is 1. The van der Waals surface area contributed by atoms with E-state index in [2.05, 4.69) is 10.6 Å². The van der Waals surface area contributed by atoms with Crippen molar-refractivity contribution in [2.24, 2.45) is 5.92 Å². The molecule has 4 heterocycles. The maximum atomic E-state index is 13.4. The third kappa shape index (κ3) is 6.02. The number of hydrogen-bond donors (Lipinski definition) is 2. The van der Waals surface area contributed by atoms with Gasteiger partial charge in [0.25, 0.3) is 11.8 Å². The molecule has 10 nitrogen and oxygen atoms in total. The summed E-state index contributed by atoms with van der Waals surface area (Å²) in [7, 11) is 1.50. The van der Waals surface area contributed by atoms with Crippen LogP contribution in [0.2, 0.25) is 0 Å². The number of amides is 3. The molecule has 0 radical (unpaired) electrons. The average Bonchev–Trinajstić information content (AvgIpc) is 2.96. The Balaban J connectivity index is 1.41. The first-order valence-electron chi connectivity index (χ1n) is 13.0. The van der Waals surface area contributed by atoms with Crippen LogP contribution < -0.4 is 24.8 Å². The van der Waals surface area contributed by atoms with Gasteiger partial charge in [0.05, 0.1) is 13.2 Å². The van der Waals surface area contributed by atoms with Gasteiger partial charge in [0.15, 0.2) is 18.1 Å². The standard InChI is InChI=1S/C28H33N3O7/c1-35-24-7-4-20-14-25(24)37-17-26(32)29-15-18-2-5-21(6-3-18)38-23-8-11-31(16-22(23)30-27(20)33)28(34)19-9-12-36-13-10-19/h2-7,14,19,22-23H,8-13,15-17H2,1H3,(H,29,32)(H,30,33)/t22-,23+/m0/s1. The van der Waals surface area contributed by atoms with Crippen LogP contribution in [-0.4, -0.2) is 74.8 Å². The molecule has 0 saturated carbocycles. The Labute approximate surface area is 221 Å². The van der Waals surface area contributed by atoms with Gasteiger partial charge < -0.3 is 34.5 Å². The van der Waals surface area contributed by atoms with Gasteiger partial charge >= 0.3 is 0 Å². The SMILES string of the molecule is COc1ccc2cc1OCC(=O)NCc1ccc(cc1)O[C@@H]1CCN(C(=O)C3CCOCC3)C[C@@H]1NC2=O. The zero-order valence-electron chi connectivity index (χ0n) is 21.4. The van der Waals surface area contributed by atoms with Crippen LogP contribution in [0.25, 0.3) is 0 Å². The maximum Gasteiger partial charge on any atom is 0.258 e. The second-order valence-corrected chi connectivity index (χ2v) is 9.77. The number of methoxy groups -OCH3 is 1. The Morgan fingerprint density at radius 1 is 1.05 bits per heavy atom. The number of nitrogens with zero attached hydrogens (tertiary/aromatic N) is 1. The fraction of sp³-hybridized carbons (Fsp3) is 0.464. The molecule has 2 N–H and O–H groups in total. The lowest BCUT2D eigenvalue weighted by Gasteiger charge is -2.40. The van der Waals surface area contributed by atoms with Crippen molar-refractivity contribution in [3.8, 4) is 17.2 Å². The van der Waals surface area contributed by atoms with Crippen molar-refractivity contribution in [3.63, 3.8) is 0 Å². The molecule has 10 heteroatoms. The highest BCUT2D eigenvalue weighted by Gasteiger charge is 2.37. The van der Waals surface area contributed by atoms with Crippen molar-refractivity contribution in [1.29, 1.82) is 0 Å². The second kappa shape index (κ2) is 11.7. The van der Waals surface area contributed by atoms with Crippen LogP contribution in [0.4, 0.5) is 0 Å². The molecule has 202 valence electrons. The predicted molar refractivity (Wildman–Crippen MR) is 137 cm³/mol. The Bertz CT molecular complexity index is 1160. The van der Waals surface area contributed by atoms with Crippen molar-refractivity contribution in [2.45, 2.75) is 38.0 Å². The average molecular weight is 524 g/mol. The van der Waals surface area contributed by atoms with E-state index >= 15 is 0 Å². The summed E-state index contributed by atoms with van der Waals surface area (Å²) in [5.41, 5.74) is 1.26. The number of hydrogen-bond acceptors (Lipinski definition) is 7. The quantitative estimate of drug-likeness (QED) is 0.618. The van der Waals surface area contributed by atoms with Crippen molar-refractivity contribution in [3.05, 3.63) is 53.6 Å². The second-order valence-electron chi connectivity index (χ2n) is 9.77. The minimum Gasteiger partial charge on any atom is -0.493 e. The van der Waals surface area contributed by atoms with E-state index in [4.69, 9.17) is 18.9 Å². The summed E-state index contributed by atoms with van der Waals surface area (Å²) in [6.45, 7) is 2.20. The van der Waals surface area contributed by atoms with Crippen molar-refractivity contribution in [2.75, 3.05) is 40.0 Å². The van der Waals surface area contributed by atoms with Crippen LogP contribution in [0.15, 0.2) is 42.5 Å². The van der Waals surface area contributed by atoms with E-state index in [-0.39, 0.29) is 42.1 Å². The molecule has 2 aromatic rings. The minimum atomic E-state index is -0.426.